The SMILES string of the molecule is COC(O)[C@H]1CC(=O)N(C(=O)OC(C)(C)C)[C@@H]1CO[Si](c1ccccc1)(c1ccccc1)C(C)(C)C. The molecule has 0 spiro atoms. The van der Waals surface area contributed by atoms with Gasteiger partial charge in [0.15, 0.2) is 6.29 Å². The van der Waals surface area contributed by atoms with Crippen LogP contribution in [0.5, 0.6) is 0 Å². The Labute approximate surface area is 215 Å². The van der Waals surface area contributed by atoms with Gasteiger partial charge in [-0.05, 0) is 36.2 Å². The fraction of sp³-hybridized carbons (Fsp3) is 0.500. The molecule has 0 saturated carbocycles. The third-order valence-corrected chi connectivity index (χ3v) is 11.6. The number of rotatable bonds is 7. The Morgan fingerprint density at radius 3 is 1.92 bits per heavy atom. The van der Waals surface area contributed by atoms with Crippen molar-refractivity contribution in [2.75, 3.05) is 13.7 Å². The molecule has 3 atom stereocenters. The van der Waals surface area contributed by atoms with E-state index >= 15 is 0 Å². The lowest BCUT2D eigenvalue weighted by molar-refractivity contribution is -0.128. The normalized spacial score (nSPS) is 19.9. The van der Waals surface area contributed by atoms with Crippen LogP contribution >= 0.6 is 0 Å². The molecular formula is C28H39NO6Si. The summed E-state index contributed by atoms with van der Waals surface area (Å²) in [6.45, 7) is 11.8. The topological polar surface area (TPSA) is 85.3 Å². The maximum absolute atomic E-state index is 13.1. The van der Waals surface area contributed by atoms with Crippen molar-refractivity contribution in [1.82, 2.24) is 4.90 Å². The van der Waals surface area contributed by atoms with Gasteiger partial charge in [-0.15, -0.1) is 0 Å². The summed E-state index contributed by atoms with van der Waals surface area (Å²) < 4.78 is 17.7. The van der Waals surface area contributed by atoms with E-state index in [0.29, 0.717) is 0 Å². The number of likely N-dealkylation sites (tertiary alicyclic amines) is 1. The highest BCUT2D eigenvalue weighted by Gasteiger charge is 2.53. The number of imide groups is 1. The highest BCUT2D eigenvalue weighted by atomic mass is 28.4. The smallest absolute Gasteiger partial charge is 0.417 e. The highest BCUT2D eigenvalue weighted by molar-refractivity contribution is 6.99. The van der Waals surface area contributed by atoms with Crippen LogP contribution in [0.4, 0.5) is 4.79 Å². The van der Waals surface area contributed by atoms with Crippen LogP contribution in [-0.4, -0.2) is 62.0 Å². The van der Waals surface area contributed by atoms with Gasteiger partial charge < -0.3 is 19.0 Å². The second-order valence-electron chi connectivity index (χ2n) is 11.3. The zero-order valence-electron chi connectivity index (χ0n) is 22.4. The predicted octanol–water partition coefficient (Wildman–Crippen LogP) is 3.68. The van der Waals surface area contributed by atoms with Gasteiger partial charge in [0.25, 0.3) is 8.32 Å². The second kappa shape index (κ2) is 10.8. The lowest BCUT2D eigenvalue weighted by atomic mass is 10.0. The Balaban J connectivity index is 2.08. The quantitative estimate of drug-likeness (QED) is 0.449. The van der Waals surface area contributed by atoms with Gasteiger partial charge in [-0.25, -0.2) is 9.69 Å². The van der Waals surface area contributed by atoms with Crippen LogP contribution in [0.1, 0.15) is 48.0 Å². The summed E-state index contributed by atoms with van der Waals surface area (Å²) in [6.07, 6.45) is -2.01. The molecule has 1 N–H and O–H groups in total. The Kier molecular flexibility index (Phi) is 8.45. The molecule has 36 heavy (non-hydrogen) atoms. The van der Waals surface area contributed by atoms with Crippen LogP contribution in [-0.2, 0) is 18.7 Å². The first-order valence-electron chi connectivity index (χ1n) is 12.3. The standard InChI is InChI=1S/C28H39NO6Si/c1-27(2,3)35-26(32)29-23(22(18-24(29)30)25(31)33-7)19-34-36(28(4,5)6,20-14-10-8-11-15-20)21-16-12-9-13-17-21/h8-17,22-23,25,31H,18-19H2,1-7H3/t22-,23+,25?/m0/s1. The summed E-state index contributed by atoms with van der Waals surface area (Å²) in [7, 11) is -1.56. The minimum absolute atomic E-state index is 0.0387. The fourth-order valence-electron chi connectivity index (χ4n) is 5.00. The fourth-order valence-corrected chi connectivity index (χ4v) is 9.57. The molecule has 2 amide bonds. The summed E-state index contributed by atoms with van der Waals surface area (Å²) in [4.78, 5) is 27.2. The summed E-state index contributed by atoms with van der Waals surface area (Å²) >= 11 is 0. The van der Waals surface area contributed by atoms with E-state index in [4.69, 9.17) is 13.9 Å². The van der Waals surface area contributed by atoms with E-state index in [9.17, 15) is 14.7 Å². The van der Waals surface area contributed by atoms with Crippen LogP contribution in [0.3, 0.4) is 0 Å². The zero-order chi connectivity index (χ0) is 26.7. The summed E-state index contributed by atoms with van der Waals surface area (Å²) in [5.74, 6) is -1.06. The molecule has 7 nitrogen and oxygen atoms in total. The molecule has 1 aliphatic heterocycles. The van der Waals surface area contributed by atoms with E-state index in [-0.39, 0.29) is 18.1 Å². The largest absolute Gasteiger partial charge is 0.443 e. The molecule has 3 rings (SSSR count). The number of carbonyl (C=O) groups is 2. The number of hydrogen-bond acceptors (Lipinski definition) is 6. The van der Waals surface area contributed by atoms with Crippen LogP contribution in [0.2, 0.25) is 5.04 Å². The van der Waals surface area contributed by atoms with Crippen LogP contribution in [0.15, 0.2) is 60.7 Å². The number of hydrogen-bond donors (Lipinski definition) is 1. The van der Waals surface area contributed by atoms with Crippen LogP contribution in [0, 0.1) is 5.92 Å². The Bertz CT molecular complexity index is 992. The van der Waals surface area contributed by atoms with Crippen molar-refractivity contribution in [1.29, 1.82) is 0 Å². The third-order valence-electron chi connectivity index (χ3n) is 6.59. The van der Waals surface area contributed by atoms with E-state index < -0.39 is 44.2 Å². The van der Waals surface area contributed by atoms with Crippen LogP contribution in [0.25, 0.3) is 0 Å². The molecule has 0 aliphatic carbocycles. The maximum atomic E-state index is 13.1. The molecule has 0 aromatic heterocycles. The number of ether oxygens (including phenoxy) is 2. The Morgan fingerprint density at radius 1 is 1.00 bits per heavy atom. The van der Waals surface area contributed by atoms with E-state index in [1.165, 1.54) is 7.11 Å². The second-order valence-corrected chi connectivity index (χ2v) is 15.6. The number of benzene rings is 2. The number of aliphatic hydroxyl groups is 1. The van der Waals surface area contributed by atoms with Crippen molar-refractivity contribution >= 4 is 30.7 Å². The Hall–Kier alpha value is -2.52. The molecule has 2 aromatic rings. The summed E-state index contributed by atoms with van der Waals surface area (Å²) in [5.41, 5.74) is -0.779. The van der Waals surface area contributed by atoms with Gasteiger partial charge >= 0.3 is 6.09 Å². The molecular weight excluding hydrogens is 474 g/mol. The summed E-state index contributed by atoms with van der Waals surface area (Å²) in [5, 5.41) is 12.5. The number of carbonyl (C=O) groups excluding carboxylic acids is 2. The van der Waals surface area contributed by atoms with Crippen molar-refractivity contribution in [3.05, 3.63) is 60.7 Å². The predicted molar refractivity (Wildman–Crippen MR) is 142 cm³/mol. The number of nitrogens with zero attached hydrogens (tertiary/aromatic N) is 1. The first-order valence-corrected chi connectivity index (χ1v) is 14.2. The van der Waals surface area contributed by atoms with Crippen LogP contribution < -0.4 is 10.4 Å². The minimum atomic E-state index is -2.94. The third kappa shape index (κ3) is 5.72. The zero-order valence-corrected chi connectivity index (χ0v) is 23.4. The monoisotopic (exact) mass is 513 g/mol. The van der Waals surface area contributed by atoms with Gasteiger partial charge in [-0.3, -0.25) is 4.79 Å². The van der Waals surface area contributed by atoms with Gasteiger partial charge in [-0.1, -0.05) is 81.4 Å². The van der Waals surface area contributed by atoms with Crippen molar-refractivity contribution in [3.8, 4) is 0 Å². The lowest BCUT2D eigenvalue weighted by Gasteiger charge is -2.44. The molecule has 1 fully saturated rings. The number of methoxy groups -OCH3 is 1. The van der Waals surface area contributed by atoms with Gasteiger partial charge in [0.05, 0.1) is 12.6 Å². The van der Waals surface area contributed by atoms with E-state index in [2.05, 4.69) is 45.0 Å². The maximum Gasteiger partial charge on any atom is 0.417 e. The van der Waals surface area contributed by atoms with Gasteiger partial charge in [0.2, 0.25) is 5.91 Å². The average molecular weight is 514 g/mol. The lowest BCUT2D eigenvalue weighted by Crippen LogP contribution is -2.67. The van der Waals surface area contributed by atoms with Crippen molar-refractivity contribution < 1.29 is 28.6 Å². The van der Waals surface area contributed by atoms with Gasteiger partial charge in [0, 0.05) is 19.4 Å². The van der Waals surface area contributed by atoms with Crippen molar-refractivity contribution in [2.45, 2.75) is 70.9 Å². The summed E-state index contributed by atoms with van der Waals surface area (Å²) in [6, 6.07) is 19.5. The molecule has 1 saturated heterocycles. The van der Waals surface area contributed by atoms with Crippen molar-refractivity contribution in [2.24, 2.45) is 5.92 Å². The molecule has 2 aromatic carbocycles. The molecule has 196 valence electrons. The Morgan fingerprint density at radius 2 is 1.50 bits per heavy atom. The molecule has 0 radical (unpaired) electrons. The molecule has 0 bridgehead atoms. The molecule has 1 aliphatic rings. The number of aliphatic hydroxyl groups excluding tert-OH is 1. The first-order chi connectivity index (χ1) is 16.8. The van der Waals surface area contributed by atoms with E-state index in [1.807, 2.05) is 36.4 Å². The minimum Gasteiger partial charge on any atom is -0.443 e. The van der Waals surface area contributed by atoms with E-state index in [1.54, 1.807) is 20.8 Å². The van der Waals surface area contributed by atoms with Gasteiger partial charge in [0.1, 0.15) is 5.60 Å². The number of amides is 2. The molecule has 1 heterocycles. The molecule has 1 unspecified atom stereocenters. The van der Waals surface area contributed by atoms with Gasteiger partial charge in [-0.2, -0.15) is 0 Å². The molecule has 8 heteroatoms. The van der Waals surface area contributed by atoms with Crippen molar-refractivity contribution in [3.63, 3.8) is 0 Å². The van der Waals surface area contributed by atoms with E-state index in [0.717, 1.165) is 15.3 Å². The highest BCUT2D eigenvalue weighted by Crippen LogP contribution is 2.38. The first kappa shape index (κ1) is 28.1. The average Bonchev–Trinajstić information content (AvgIpc) is 3.14.